The summed E-state index contributed by atoms with van der Waals surface area (Å²) >= 11 is 0. The predicted octanol–water partition coefficient (Wildman–Crippen LogP) is 8.08. The maximum atomic E-state index is 11.7. The Hall–Kier alpha value is -0.840. The van der Waals surface area contributed by atoms with Gasteiger partial charge in [-0.15, -0.1) is 0 Å². The second-order valence-electron chi connectivity index (χ2n) is 12.3. The number of rotatable bonds is 35. The maximum absolute atomic E-state index is 11.7. The van der Waals surface area contributed by atoms with Crippen LogP contribution in [-0.2, 0) is 27.9 Å². The molecule has 5 N–H and O–H groups in total. The van der Waals surface area contributed by atoms with E-state index in [4.69, 9.17) is 20.3 Å². The number of aliphatic hydroxyl groups excluding tert-OH is 1. The zero-order valence-corrected chi connectivity index (χ0v) is 29.5. The molecular weight excluding hydrogens is 597 g/mol. The molecular formula is C34H68NO9P. The fourth-order valence-corrected chi connectivity index (χ4v) is 5.76. The van der Waals surface area contributed by atoms with Gasteiger partial charge >= 0.3 is 13.8 Å². The van der Waals surface area contributed by atoms with Crippen LogP contribution in [0.25, 0.3) is 0 Å². The van der Waals surface area contributed by atoms with Gasteiger partial charge in [-0.3, -0.25) is 13.8 Å². The first-order chi connectivity index (χ1) is 21.7. The summed E-state index contributed by atoms with van der Waals surface area (Å²) in [6, 6.07) is -1.45. The standard InChI is InChI=1S/C34H68NO9P/c1-3-4-5-6-7-8-9-10-11-12-13-14-15-16-17-18-19-20-21-22-23-24-25-26-32(41-2)29-42-27-31(36)28-43-45(39,40)44-30-33(35)34(37)38/h8-9,31-33,36H,3-7,10-30,35H2,1-2H3,(H,37,38)(H,39,40)/b9-8-/t31-,32?,33+/m1/s1. The largest absolute Gasteiger partial charge is 0.480 e. The summed E-state index contributed by atoms with van der Waals surface area (Å²) in [7, 11) is -2.90. The van der Waals surface area contributed by atoms with Crippen molar-refractivity contribution in [2.45, 2.75) is 166 Å². The van der Waals surface area contributed by atoms with E-state index in [1.165, 1.54) is 122 Å². The highest BCUT2D eigenvalue weighted by Crippen LogP contribution is 2.43. The van der Waals surface area contributed by atoms with Gasteiger partial charge in [-0.2, -0.15) is 0 Å². The van der Waals surface area contributed by atoms with Crippen LogP contribution in [0.4, 0.5) is 0 Å². The van der Waals surface area contributed by atoms with Gasteiger partial charge in [-0.05, 0) is 32.1 Å². The van der Waals surface area contributed by atoms with E-state index in [0.29, 0.717) is 6.61 Å². The van der Waals surface area contributed by atoms with Gasteiger partial charge in [0.15, 0.2) is 0 Å². The van der Waals surface area contributed by atoms with Gasteiger partial charge in [-0.25, -0.2) is 4.57 Å². The lowest BCUT2D eigenvalue weighted by Gasteiger charge is -2.18. The van der Waals surface area contributed by atoms with Crippen LogP contribution in [0.1, 0.15) is 148 Å². The third-order valence-corrected chi connectivity index (χ3v) is 8.85. The molecule has 0 spiro atoms. The summed E-state index contributed by atoms with van der Waals surface area (Å²) in [5, 5.41) is 18.6. The zero-order chi connectivity index (χ0) is 33.4. The van der Waals surface area contributed by atoms with Gasteiger partial charge in [0.25, 0.3) is 0 Å². The second-order valence-corrected chi connectivity index (χ2v) is 13.7. The Morgan fingerprint density at radius 3 is 1.62 bits per heavy atom. The van der Waals surface area contributed by atoms with Crippen LogP contribution in [0.5, 0.6) is 0 Å². The lowest BCUT2D eigenvalue weighted by Crippen LogP contribution is -2.34. The molecule has 0 saturated carbocycles. The lowest BCUT2D eigenvalue weighted by molar-refractivity contribution is -0.139. The molecule has 0 amide bonds. The second kappa shape index (κ2) is 31.7. The van der Waals surface area contributed by atoms with Crippen LogP contribution in [0, 0.1) is 0 Å². The topological polar surface area (TPSA) is 158 Å². The Labute approximate surface area is 274 Å². The lowest BCUT2D eigenvalue weighted by atomic mass is 10.0. The van der Waals surface area contributed by atoms with Crippen molar-refractivity contribution in [3.05, 3.63) is 12.2 Å². The van der Waals surface area contributed by atoms with E-state index in [1.807, 2.05) is 0 Å². The zero-order valence-electron chi connectivity index (χ0n) is 28.6. The molecule has 45 heavy (non-hydrogen) atoms. The Balaban J connectivity index is 3.52. The van der Waals surface area contributed by atoms with Crippen molar-refractivity contribution in [3.8, 4) is 0 Å². The first kappa shape index (κ1) is 44.2. The van der Waals surface area contributed by atoms with Crippen LogP contribution < -0.4 is 5.73 Å². The molecule has 0 bridgehead atoms. The van der Waals surface area contributed by atoms with Crippen LogP contribution in [0.3, 0.4) is 0 Å². The first-order valence-corrected chi connectivity index (χ1v) is 19.2. The molecule has 10 nitrogen and oxygen atoms in total. The van der Waals surface area contributed by atoms with Gasteiger partial charge in [0.05, 0.1) is 32.5 Å². The molecule has 0 aliphatic heterocycles. The number of hydrogen-bond acceptors (Lipinski definition) is 8. The van der Waals surface area contributed by atoms with Crippen molar-refractivity contribution in [3.63, 3.8) is 0 Å². The number of phosphoric ester groups is 1. The van der Waals surface area contributed by atoms with Crippen molar-refractivity contribution < 1.29 is 43.0 Å². The van der Waals surface area contributed by atoms with E-state index in [-0.39, 0.29) is 12.7 Å². The van der Waals surface area contributed by atoms with Crippen molar-refractivity contribution in [2.24, 2.45) is 5.73 Å². The van der Waals surface area contributed by atoms with Crippen molar-refractivity contribution in [2.75, 3.05) is 33.5 Å². The molecule has 0 aliphatic carbocycles. The number of unbranched alkanes of at least 4 members (excludes halogenated alkanes) is 19. The first-order valence-electron chi connectivity index (χ1n) is 17.8. The molecule has 0 saturated heterocycles. The number of carboxylic acid groups (broad SMARTS) is 1. The highest BCUT2D eigenvalue weighted by Gasteiger charge is 2.25. The number of nitrogens with two attached hydrogens (primary N) is 1. The molecule has 0 aliphatic rings. The average molecular weight is 666 g/mol. The number of carbonyl (C=O) groups is 1. The quantitative estimate of drug-likeness (QED) is 0.0296. The van der Waals surface area contributed by atoms with Crippen LogP contribution in [0.15, 0.2) is 12.2 Å². The molecule has 0 fully saturated rings. The van der Waals surface area contributed by atoms with E-state index < -0.39 is 39.2 Å². The maximum Gasteiger partial charge on any atom is 0.472 e. The average Bonchev–Trinajstić information content (AvgIpc) is 3.02. The summed E-state index contributed by atoms with van der Waals surface area (Å²) in [5.74, 6) is -1.37. The number of aliphatic carboxylic acids is 1. The summed E-state index contributed by atoms with van der Waals surface area (Å²) in [6.07, 6.45) is 32.1. The minimum Gasteiger partial charge on any atom is -0.480 e. The highest BCUT2D eigenvalue weighted by molar-refractivity contribution is 7.47. The predicted molar refractivity (Wildman–Crippen MR) is 181 cm³/mol. The molecule has 11 heteroatoms. The van der Waals surface area contributed by atoms with Crippen molar-refractivity contribution in [1.82, 2.24) is 0 Å². The van der Waals surface area contributed by atoms with Crippen LogP contribution >= 0.6 is 7.82 Å². The summed E-state index contributed by atoms with van der Waals surface area (Å²) in [4.78, 5) is 20.2. The Kier molecular flexibility index (Phi) is 31.2. The monoisotopic (exact) mass is 665 g/mol. The third-order valence-electron chi connectivity index (χ3n) is 7.90. The van der Waals surface area contributed by atoms with E-state index in [0.717, 1.165) is 19.3 Å². The Bertz CT molecular complexity index is 740. The van der Waals surface area contributed by atoms with E-state index >= 15 is 0 Å². The fraction of sp³-hybridized carbons (Fsp3) is 0.912. The Morgan fingerprint density at radius 1 is 0.711 bits per heavy atom. The molecule has 4 atom stereocenters. The third kappa shape index (κ3) is 31.5. The van der Waals surface area contributed by atoms with Gasteiger partial charge < -0.3 is 30.3 Å². The van der Waals surface area contributed by atoms with Crippen LogP contribution in [-0.4, -0.2) is 72.9 Å². The molecule has 0 rings (SSSR count). The van der Waals surface area contributed by atoms with E-state index in [1.54, 1.807) is 7.11 Å². The van der Waals surface area contributed by atoms with Gasteiger partial charge in [0, 0.05) is 7.11 Å². The van der Waals surface area contributed by atoms with Crippen LogP contribution in [0.2, 0.25) is 0 Å². The number of hydrogen-bond donors (Lipinski definition) is 4. The van der Waals surface area contributed by atoms with E-state index in [2.05, 4.69) is 28.1 Å². The summed E-state index contributed by atoms with van der Waals surface area (Å²) in [5.41, 5.74) is 5.21. The molecule has 0 heterocycles. The molecule has 268 valence electrons. The minimum absolute atomic E-state index is 0.0880. The summed E-state index contributed by atoms with van der Waals surface area (Å²) < 4.78 is 31.8. The number of phosphoric acid groups is 1. The molecule has 0 aromatic rings. The fourth-order valence-electron chi connectivity index (χ4n) is 4.97. The molecule has 2 unspecified atom stereocenters. The van der Waals surface area contributed by atoms with Crippen molar-refractivity contribution in [1.29, 1.82) is 0 Å². The smallest absolute Gasteiger partial charge is 0.472 e. The normalized spacial score (nSPS) is 15.3. The molecule has 0 aromatic heterocycles. The SMILES string of the molecule is CCCCCC/C=C\CCCCCCCCCCCCCCCCCC(COC[C@@H](O)COP(=O)(O)OC[C@H](N)C(=O)O)OC. The number of aliphatic hydroxyl groups is 1. The van der Waals surface area contributed by atoms with E-state index in [9.17, 15) is 19.4 Å². The number of allylic oxidation sites excluding steroid dienone is 2. The number of carboxylic acids is 1. The number of ether oxygens (including phenoxy) is 2. The highest BCUT2D eigenvalue weighted by atomic mass is 31.2. The number of methoxy groups -OCH3 is 1. The van der Waals surface area contributed by atoms with Gasteiger partial charge in [-0.1, -0.05) is 128 Å². The van der Waals surface area contributed by atoms with Gasteiger partial charge in [0.2, 0.25) is 0 Å². The van der Waals surface area contributed by atoms with Crippen molar-refractivity contribution >= 4 is 13.8 Å². The van der Waals surface area contributed by atoms with Gasteiger partial charge in [0.1, 0.15) is 12.1 Å². The molecule has 0 radical (unpaired) electrons. The summed E-state index contributed by atoms with van der Waals surface area (Å²) in [6.45, 7) is 1.26. The molecule has 0 aromatic carbocycles. The minimum atomic E-state index is -4.53. The Morgan fingerprint density at radius 2 is 1.16 bits per heavy atom.